The molecular formula is C6H12N3O2S+. The first-order valence-electron chi connectivity index (χ1n) is 3.90. The Morgan fingerprint density at radius 3 is 3.08 bits per heavy atom. The van der Waals surface area contributed by atoms with Gasteiger partial charge in [-0.1, -0.05) is 5.01 Å². The highest BCUT2D eigenvalue weighted by Gasteiger charge is 2.53. The van der Waals surface area contributed by atoms with Crippen LogP contribution in [0.15, 0.2) is 0 Å². The minimum Gasteiger partial charge on any atom is -0.262 e. The van der Waals surface area contributed by atoms with Gasteiger partial charge in [0.2, 0.25) is 11.2 Å². The number of fused-ring (bicyclic) bond motifs is 1. The fraction of sp³-hybridized carbons (Fsp3) is 1.00. The molecule has 0 saturated carbocycles. The Kier molecular flexibility index (Phi) is 1.78. The molecule has 12 heavy (non-hydrogen) atoms. The van der Waals surface area contributed by atoms with Crippen molar-refractivity contribution in [1.29, 1.82) is 0 Å². The van der Waals surface area contributed by atoms with E-state index in [4.69, 9.17) is 4.84 Å². The molecule has 0 radical (unpaired) electrons. The number of thioether (sulfide) groups is 1. The maximum atomic E-state index is 10.6. The fourth-order valence-corrected chi connectivity index (χ4v) is 2.74. The Hall–Kier alpha value is -0.330. The van der Waals surface area contributed by atoms with E-state index in [0.717, 1.165) is 12.3 Å². The third-order valence-electron chi connectivity index (χ3n) is 2.06. The highest BCUT2D eigenvalue weighted by molar-refractivity contribution is 8.00. The predicted octanol–water partition coefficient (Wildman–Crippen LogP) is -0.936. The Labute approximate surface area is 74.9 Å². The van der Waals surface area contributed by atoms with Gasteiger partial charge >= 0.3 is 0 Å². The number of hydroxylamine groups is 2. The number of nitroso groups, excluding NO2 is 1. The molecule has 0 aromatic rings. The standard InChI is InChI=1S/C6H11N3O2S/c1-6(2)9(7-10)5-8(11-6)3-4-12-5/h5H,3-4H2,1-2H3/p+1. The van der Waals surface area contributed by atoms with Crippen LogP contribution in [0.25, 0.3) is 0 Å². The summed E-state index contributed by atoms with van der Waals surface area (Å²) < 4.78 is 0. The zero-order valence-corrected chi connectivity index (χ0v) is 7.93. The molecule has 2 aliphatic rings. The van der Waals surface area contributed by atoms with Gasteiger partial charge in [0.1, 0.15) is 5.29 Å². The highest BCUT2D eigenvalue weighted by Crippen LogP contribution is 2.36. The van der Waals surface area contributed by atoms with Crippen molar-refractivity contribution in [3.8, 4) is 0 Å². The van der Waals surface area contributed by atoms with Crippen LogP contribution in [0.4, 0.5) is 0 Å². The molecule has 68 valence electrons. The monoisotopic (exact) mass is 190 g/mol. The van der Waals surface area contributed by atoms with E-state index >= 15 is 0 Å². The van der Waals surface area contributed by atoms with Crippen molar-refractivity contribution in [1.82, 2.24) is 10.1 Å². The Balaban J connectivity index is 2.21. The smallest absolute Gasteiger partial charge is 0.213 e. The fourth-order valence-electron chi connectivity index (χ4n) is 1.49. The predicted molar refractivity (Wildman–Crippen MR) is 44.3 cm³/mol. The quantitative estimate of drug-likeness (QED) is 0.578. The lowest BCUT2D eigenvalue weighted by Crippen LogP contribution is -2.83. The first kappa shape index (κ1) is 8.28. The van der Waals surface area contributed by atoms with E-state index in [2.05, 4.69) is 0 Å². The minimum atomic E-state index is -0.528. The summed E-state index contributed by atoms with van der Waals surface area (Å²) in [5.74, 6) is 1.01. The van der Waals surface area contributed by atoms with Crippen LogP contribution in [-0.4, -0.2) is 33.6 Å². The molecule has 0 spiro atoms. The molecule has 5 nitrogen and oxygen atoms in total. The lowest BCUT2D eigenvalue weighted by atomic mass is 10.3. The van der Waals surface area contributed by atoms with Gasteiger partial charge in [-0.15, -0.1) is 16.8 Å². The Bertz CT molecular complexity index is 211. The van der Waals surface area contributed by atoms with Crippen LogP contribution in [0, 0.1) is 4.91 Å². The molecule has 1 atom stereocenters. The lowest BCUT2D eigenvalue weighted by Gasteiger charge is -2.19. The third kappa shape index (κ3) is 1.02. The molecule has 2 fully saturated rings. The van der Waals surface area contributed by atoms with Crippen molar-refractivity contribution in [2.24, 2.45) is 0 Å². The normalized spacial score (nSPS) is 33.8. The third-order valence-corrected chi connectivity index (χ3v) is 3.23. The molecule has 0 aromatic heterocycles. The van der Waals surface area contributed by atoms with Crippen LogP contribution in [0.1, 0.15) is 13.8 Å². The molecule has 0 amide bonds. The molecule has 0 bridgehead atoms. The van der Waals surface area contributed by atoms with E-state index in [1.54, 1.807) is 16.8 Å². The van der Waals surface area contributed by atoms with Crippen LogP contribution in [0.3, 0.4) is 0 Å². The summed E-state index contributed by atoms with van der Waals surface area (Å²) in [6, 6.07) is 0. The first-order valence-corrected chi connectivity index (χ1v) is 4.94. The molecule has 1 unspecified atom stereocenters. The number of hydrogen-bond donors (Lipinski definition) is 1. The van der Waals surface area contributed by atoms with Crippen molar-refractivity contribution in [2.45, 2.75) is 25.1 Å². The van der Waals surface area contributed by atoms with Crippen LogP contribution in [0.2, 0.25) is 0 Å². The number of nitrogens with one attached hydrogen (secondary N) is 1. The van der Waals surface area contributed by atoms with E-state index < -0.39 is 5.72 Å². The van der Waals surface area contributed by atoms with Gasteiger partial charge in [0.15, 0.2) is 0 Å². The maximum absolute atomic E-state index is 10.6. The molecule has 6 heteroatoms. The summed E-state index contributed by atoms with van der Waals surface area (Å²) in [6.45, 7) is 4.63. The van der Waals surface area contributed by atoms with Crippen molar-refractivity contribution < 1.29 is 10.1 Å². The molecule has 2 rings (SSSR count). The molecule has 1 N–H and O–H groups in total. The van der Waals surface area contributed by atoms with Gasteiger partial charge in [-0.2, -0.15) is 0 Å². The minimum absolute atomic E-state index is 0.0394. The second kappa shape index (κ2) is 2.58. The molecule has 2 heterocycles. The van der Waals surface area contributed by atoms with Crippen LogP contribution in [0.5, 0.6) is 0 Å². The SMILES string of the molecule is CC1(C)ON2CCSC2N1[NH+]=O. The summed E-state index contributed by atoms with van der Waals surface area (Å²) in [5, 5.41) is 5.35. The second-order valence-corrected chi connectivity index (χ2v) is 4.50. The molecule has 2 saturated heterocycles. The van der Waals surface area contributed by atoms with Gasteiger partial charge in [0.25, 0.3) is 0 Å². The summed E-state index contributed by atoms with van der Waals surface area (Å²) in [5.41, 5.74) is -0.489. The van der Waals surface area contributed by atoms with Crippen molar-refractivity contribution in [3.05, 3.63) is 4.91 Å². The Morgan fingerprint density at radius 1 is 1.67 bits per heavy atom. The van der Waals surface area contributed by atoms with Crippen LogP contribution < -0.4 is 5.29 Å². The van der Waals surface area contributed by atoms with Gasteiger partial charge in [-0.3, -0.25) is 4.84 Å². The molecule has 0 aromatic carbocycles. The largest absolute Gasteiger partial charge is 0.262 e. The average molecular weight is 190 g/mol. The summed E-state index contributed by atoms with van der Waals surface area (Å²) >= 11 is 1.71. The molecule has 0 aliphatic carbocycles. The second-order valence-electron chi connectivity index (χ2n) is 3.34. The first-order chi connectivity index (χ1) is 5.65. The topological polar surface area (TPSA) is 46.8 Å². The number of rotatable bonds is 1. The van der Waals surface area contributed by atoms with Crippen molar-refractivity contribution >= 4 is 11.8 Å². The number of hydrogen-bond acceptors (Lipinski definition) is 4. The molecule has 2 aliphatic heterocycles. The lowest BCUT2D eigenvalue weighted by molar-refractivity contribution is -0.687. The zero-order chi connectivity index (χ0) is 8.77. The van der Waals surface area contributed by atoms with Gasteiger partial charge in [-0.25, -0.2) is 0 Å². The maximum Gasteiger partial charge on any atom is 0.213 e. The van der Waals surface area contributed by atoms with E-state index in [0.29, 0.717) is 0 Å². The summed E-state index contributed by atoms with van der Waals surface area (Å²) in [7, 11) is 0. The van der Waals surface area contributed by atoms with Gasteiger partial charge < -0.3 is 0 Å². The number of hydrazine groups is 1. The average Bonchev–Trinajstić information content (AvgIpc) is 2.43. The zero-order valence-electron chi connectivity index (χ0n) is 7.11. The van der Waals surface area contributed by atoms with Gasteiger partial charge in [0.05, 0.1) is 0 Å². The highest BCUT2D eigenvalue weighted by atomic mass is 32.2. The van der Waals surface area contributed by atoms with Gasteiger partial charge in [-0.05, 0) is 13.8 Å². The van der Waals surface area contributed by atoms with Gasteiger partial charge in [0, 0.05) is 17.2 Å². The van der Waals surface area contributed by atoms with E-state index in [-0.39, 0.29) is 5.50 Å². The van der Waals surface area contributed by atoms with Crippen LogP contribution in [-0.2, 0) is 4.84 Å². The van der Waals surface area contributed by atoms with E-state index in [9.17, 15) is 4.91 Å². The van der Waals surface area contributed by atoms with E-state index in [1.807, 2.05) is 24.2 Å². The molecular weight excluding hydrogens is 178 g/mol. The Morgan fingerprint density at radius 2 is 2.42 bits per heavy atom. The van der Waals surface area contributed by atoms with Crippen molar-refractivity contribution in [2.75, 3.05) is 12.3 Å². The van der Waals surface area contributed by atoms with Crippen molar-refractivity contribution in [3.63, 3.8) is 0 Å². The number of nitrogens with zero attached hydrogens (tertiary/aromatic N) is 2. The summed E-state index contributed by atoms with van der Waals surface area (Å²) in [4.78, 5) is 16.2. The summed E-state index contributed by atoms with van der Waals surface area (Å²) in [6.07, 6.45) is 0. The van der Waals surface area contributed by atoms with E-state index in [1.165, 1.54) is 0 Å². The van der Waals surface area contributed by atoms with Crippen LogP contribution >= 0.6 is 11.8 Å².